The fourth-order valence-corrected chi connectivity index (χ4v) is 4.41. The van der Waals surface area contributed by atoms with Crippen molar-refractivity contribution in [2.45, 2.75) is 52.4 Å². The summed E-state index contributed by atoms with van der Waals surface area (Å²) in [7, 11) is 0. The van der Waals surface area contributed by atoms with Gasteiger partial charge in [0.15, 0.2) is 5.78 Å². The summed E-state index contributed by atoms with van der Waals surface area (Å²) in [5, 5.41) is 29.3. The summed E-state index contributed by atoms with van der Waals surface area (Å²) >= 11 is 0. The number of Topliss-reactive ketones (excluding diaryl/α,β-unsaturated/α-hetero) is 3. The molecule has 0 bridgehead atoms. The number of benzene rings is 1. The number of hydrogen-bond donors (Lipinski definition) is 3. The second-order valence-electron chi connectivity index (χ2n) is 7.79. The number of aliphatic hydroxyl groups excluding tert-OH is 2. The number of phenolic OH excluding ortho intramolecular Hbond substituents is 1. The maximum Gasteiger partial charge on any atom is 0.167 e. The molecule has 28 heavy (non-hydrogen) atoms. The number of aliphatic hydroxyl groups is 2. The molecule has 3 unspecified atom stereocenters. The van der Waals surface area contributed by atoms with Crippen molar-refractivity contribution < 1.29 is 29.7 Å². The van der Waals surface area contributed by atoms with Crippen LogP contribution in [0.3, 0.4) is 0 Å². The molecule has 1 aromatic rings. The first-order valence-electron chi connectivity index (χ1n) is 9.93. The zero-order chi connectivity index (χ0) is 20.8. The summed E-state index contributed by atoms with van der Waals surface area (Å²) in [6, 6.07) is 3.40. The topological polar surface area (TPSA) is 112 Å². The van der Waals surface area contributed by atoms with Crippen LogP contribution in [0.2, 0.25) is 0 Å². The van der Waals surface area contributed by atoms with Crippen molar-refractivity contribution in [2.24, 2.45) is 17.8 Å². The molecule has 1 aromatic carbocycles. The van der Waals surface area contributed by atoms with Crippen LogP contribution in [0.25, 0.3) is 0 Å². The van der Waals surface area contributed by atoms with Gasteiger partial charge >= 0.3 is 0 Å². The van der Waals surface area contributed by atoms with Crippen molar-refractivity contribution in [3.05, 3.63) is 28.8 Å². The molecule has 6 nitrogen and oxygen atoms in total. The predicted molar refractivity (Wildman–Crippen MR) is 104 cm³/mol. The molecule has 0 heterocycles. The lowest BCUT2D eigenvalue weighted by Gasteiger charge is -2.31. The molecule has 0 aromatic heterocycles. The van der Waals surface area contributed by atoms with Crippen LogP contribution in [0.1, 0.15) is 61.0 Å². The monoisotopic (exact) mass is 390 g/mol. The van der Waals surface area contributed by atoms with E-state index in [1.807, 2.05) is 13.0 Å². The summed E-state index contributed by atoms with van der Waals surface area (Å²) < 4.78 is 0. The van der Waals surface area contributed by atoms with Gasteiger partial charge in [0.05, 0.1) is 18.6 Å². The van der Waals surface area contributed by atoms with E-state index in [1.165, 1.54) is 6.92 Å². The Bertz CT molecular complexity index is 739. The maximum atomic E-state index is 12.7. The fourth-order valence-electron chi connectivity index (χ4n) is 4.41. The Labute approximate surface area is 165 Å². The third kappa shape index (κ3) is 5.06. The highest BCUT2D eigenvalue weighted by Crippen LogP contribution is 2.38. The van der Waals surface area contributed by atoms with Crippen LogP contribution in [0.4, 0.5) is 0 Å². The van der Waals surface area contributed by atoms with Crippen LogP contribution >= 0.6 is 0 Å². The number of ketones is 3. The highest BCUT2D eigenvalue weighted by molar-refractivity contribution is 6.01. The van der Waals surface area contributed by atoms with E-state index in [1.54, 1.807) is 6.07 Å². The molecule has 0 amide bonds. The highest BCUT2D eigenvalue weighted by atomic mass is 16.3. The third-order valence-corrected chi connectivity index (χ3v) is 5.75. The van der Waals surface area contributed by atoms with E-state index in [4.69, 9.17) is 0 Å². The van der Waals surface area contributed by atoms with Crippen LogP contribution in [0.5, 0.6) is 5.75 Å². The molecule has 3 atom stereocenters. The molecular formula is C22H30O6. The minimum atomic E-state index is -0.720. The largest absolute Gasteiger partial charge is 0.507 e. The van der Waals surface area contributed by atoms with Gasteiger partial charge in [0.2, 0.25) is 0 Å². The molecule has 2 rings (SSSR count). The lowest BCUT2D eigenvalue weighted by Crippen LogP contribution is -2.32. The van der Waals surface area contributed by atoms with Gasteiger partial charge < -0.3 is 15.3 Å². The number of hydrogen-bond acceptors (Lipinski definition) is 6. The van der Waals surface area contributed by atoms with Gasteiger partial charge in [-0.15, -0.1) is 0 Å². The number of carbonyl (C=O) groups is 3. The second kappa shape index (κ2) is 9.94. The predicted octanol–water partition coefficient (Wildman–Crippen LogP) is 2.25. The number of aryl methyl sites for hydroxylation is 1. The normalized spacial score (nSPS) is 18.4. The molecule has 0 radical (unpaired) electrons. The lowest BCUT2D eigenvalue weighted by molar-refractivity contribution is -0.131. The summed E-state index contributed by atoms with van der Waals surface area (Å²) in [4.78, 5) is 36.4. The number of fused-ring (bicyclic) bond motifs is 1. The molecule has 0 saturated heterocycles. The minimum Gasteiger partial charge on any atom is -0.507 e. The van der Waals surface area contributed by atoms with Gasteiger partial charge in [-0.3, -0.25) is 14.4 Å². The summed E-state index contributed by atoms with van der Waals surface area (Å²) in [6.45, 7) is 2.82. The van der Waals surface area contributed by atoms with Crippen molar-refractivity contribution in [3.63, 3.8) is 0 Å². The van der Waals surface area contributed by atoms with Gasteiger partial charge in [0.25, 0.3) is 0 Å². The van der Waals surface area contributed by atoms with Gasteiger partial charge in [-0.1, -0.05) is 13.0 Å². The standard InChI is InChI=1S/C22H30O6/c1-3-15-4-5-19(26)22-17(15)10-14(11-21(22)28)9-16(6-7-23)18(12-24)20(27)8-13(2)25/h4-5,14,16,18,23-24,26H,3,6-12H2,1-2H3. The van der Waals surface area contributed by atoms with Crippen LogP contribution in [-0.4, -0.2) is 45.9 Å². The van der Waals surface area contributed by atoms with Crippen LogP contribution in [0.15, 0.2) is 12.1 Å². The van der Waals surface area contributed by atoms with Gasteiger partial charge in [0, 0.05) is 18.9 Å². The summed E-state index contributed by atoms with van der Waals surface area (Å²) in [5.41, 5.74) is 2.29. The molecule has 1 aliphatic carbocycles. The van der Waals surface area contributed by atoms with E-state index in [9.17, 15) is 29.7 Å². The number of aromatic hydroxyl groups is 1. The zero-order valence-electron chi connectivity index (χ0n) is 16.6. The molecule has 6 heteroatoms. The zero-order valence-corrected chi connectivity index (χ0v) is 16.6. The average Bonchev–Trinajstić information content (AvgIpc) is 2.61. The van der Waals surface area contributed by atoms with E-state index in [2.05, 4.69) is 0 Å². The van der Waals surface area contributed by atoms with Crippen molar-refractivity contribution in [1.29, 1.82) is 0 Å². The first-order valence-corrected chi connectivity index (χ1v) is 9.93. The summed E-state index contributed by atoms with van der Waals surface area (Å²) in [5.74, 6) is -1.74. The van der Waals surface area contributed by atoms with Crippen LogP contribution in [-0.2, 0) is 22.4 Å². The molecule has 0 spiro atoms. The molecule has 0 fully saturated rings. The Kier molecular flexibility index (Phi) is 7.89. The molecule has 0 saturated carbocycles. The summed E-state index contributed by atoms with van der Waals surface area (Å²) in [6.07, 6.45) is 2.22. The maximum absolute atomic E-state index is 12.7. The Balaban J connectivity index is 2.24. The van der Waals surface area contributed by atoms with Crippen molar-refractivity contribution >= 4 is 17.3 Å². The van der Waals surface area contributed by atoms with E-state index >= 15 is 0 Å². The molecule has 3 N–H and O–H groups in total. The highest BCUT2D eigenvalue weighted by Gasteiger charge is 2.34. The molecule has 0 aliphatic heterocycles. The Morgan fingerprint density at radius 3 is 2.50 bits per heavy atom. The molecular weight excluding hydrogens is 360 g/mol. The van der Waals surface area contributed by atoms with Gasteiger partial charge in [-0.2, -0.15) is 0 Å². The van der Waals surface area contributed by atoms with Crippen LogP contribution < -0.4 is 0 Å². The van der Waals surface area contributed by atoms with Gasteiger partial charge in [-0.25, -0.2) is 0 Å². The number of phenols is 1. The number of rotatable bonds is 10. The average molecular weight is 390 g/mol. The Hall–Kier alpha value is -2.05. The van der Waals surface area contributed by atoms with Crippen molar-refractivity contribution in [2.75, 3.05) is 13.2 Å². The SMILES string of the molecule is CCc1ccc(O)c2c1CC(CC(CCO)C(CO)C(=O)CC(C)=O)CC2=O. The third-order valence-electron chi connectivity index (χ3n) is 5.75. The van der Waals surface area contributed by atoms with Crippen LogP contribution in [0, 0.1) is 17.8 Å². The molecule has 1 aliphatic rings. The van der Waals surface area contributed by atoms with E-state index in [0.29, 0.717) is 24.8 Å². The van der Waals surface area contributed by atoms with Gasteiger partial charge in [-0.05, 0) is 61.6 Å². The smallest absolute Gasteiger partial charge is 0.167 e. The minimum absolute atomic E-state index is 0.00688. The Morgan fingerprint density at radius 2 is 1.93 bits per heavy atom. The first-order chi connectivity index (χ1) is 13.3. The Morgan fingerprint density at radius 1 is 1.21 bits per heavy atom. The van der Waals surface area contributed by atoms with Crippen molar-refractivity contribution in [3.8, 4) is 5.75 Å². The first kappa shape index (κ1) is 22.2. The van der Waals surface area contributed by atoms with E-state index < -0.39 is 5.92 Å². The fraction of sp³-hybridized carbons (Fsp3) is 0.591. The van der Waals surface area contributed by atoms with E-state index in [0.717, 1.165) is 17.5 Å². The lowest BCUT2D eigenvalue weighted by atomic mass is 9.72. The van der Waals surface area contributed by atoms with Crippen molar-refractivity contribution in [1.82, 2.24) is 0 Å². The van der Waals surface area contributed by atoms with Gasteiger partial charge in [0.1, 0.15) is 17.3 Å². The second-order valence-corrected chi connectivity index (χ2v) is 7.79. The van der Waals surface area contributed by atoms with E-state index in [-0.39, 0.29) is 61.0 Å². The quantitative estimate of drug-likeness (QED) is 0.528. The molecule has 154 valence electrons. The number of carbonyl (C=O) groups excluding carboxylic acids is 3.